The number of hydrogen-bond donors (Lipinski definition) is 0. The van der Waals surface area contributed by atoms with Gasteiger partial charge in [-0.3, -0.25) is 0 Å². The number of amides is 1. The molecule has 1 aliphatic heterocycles. The SMILES string of the molecule is Cc1ccc(S(=O)(=O)N(CC2CN(C(=O)OC(C)(C)C)CCO2)/N=C/c2ccccc2)cc1. The number of nitrogens with zero attached hydrogens (tertiary/aromatic N) is 3. The monoisotopic (exact) mass is 473 g/mol. The molecule has 0 spiro atoms. The Kier molecular flexibility index (Phi) is 7.76. The summed E-state index contributed by atoms with van der Waals surface area (Å²) in [4.78, 5) is 14.2. The lowest BCUT2D eigenvalue weighted by atomic mass is 10.2. The molecule has 1 fully saturated rings. The first-order valence-electron chi connectivity index (χ1n) is 10.8. The fourth-order valence-electron chi connectivity index (χ4n) is 3.21. The molecule has 2 aromatic rings. The number of hydrazone groups is 1. The van der Waals surface area contributed by atoms with Gasteiger partial charge in [0.1, 0.15) is 5.60 Å². The second kappa shape index (κ2) is 10.4. The maximum absolute atomic E-state index is 13.4. The summed E-state index contributed by atoms with van der Waals surface area (Å²) < 4.78 is 39.1. The lowest BCUT2D eigenvalue weighted by Crippen LogP contribution is -2.50. The zero-order valence-electron chi connectivity index (χ0n) is 19.5. The van der Waals surface area contributed by atoms with E-state index >= 15 is 0 Å². The van der Waals surface area contributed by atoms with E-state index in [0.717, 1.165) is 15.5 Å². The molecular formula is C24H31N3O5S. The average molecular weight is 474 g/mol. The van der Waals surface area contributed by atoms with Crippen LogP contribution in [0.25, 0.3) is 0 Å². The molecule has 1 heterocycles. The first kappa shape index (κ1) is 24.7. The van der Waals surface area contributed by atoms with E-state index in [0.29, 0.717) is 6.54 Å². The molecule has 0 aromatic heterocycles. The van der Waals surface area contributed by atoms with Crippen LogP contribution < -0.4 is 0 Å². The van der Waals surface area contributed by atoms with Gasteiger partial charge in [0.15, 0.2) is 0 Å². The Morgan fingerprint density at radius 3 is 2.48 bits per heavy atom. The van der Waals surface area contributed by atoms with Crippen molar-refractivity contribution in [1.29, 1.82) is 0 Å². The van der Waals surface area contributed by atoms with Crippen molar-refractivity contribution < 1.29 is 22.7 Å². The Morgan fingerprint density at radius 1 is 1.18 bits per heavy atom. The zero-order chi connectivity index (χ0) is 24.1. The van der Waals surface area contributed by atoms with Crippen LogP contribution >= 0.6 is 0 Å². The molecule has 0 saturated carbocycles. The molecule has 1 aliphatic rings. The van der Waals surface area contributed by atoms with Crippen LogP contribution in [0.5, 0.6) is 0 Å². The lowest BCUT2D eigenvalue weighted by molar-refractivity contribution is -0.0462. The van der Waals surface area contributed by atoms with Crippen molar-refractivity contribution >= 4 is 22.3 Å². The highest BCUT2D eigenvalue weighted by atomic mass is 32.2. The fraction of sp³-hybridized carbons (Fsp3) is 0.417. The molecule has 1 unspecified atom stereocenters. The van der Waals surface area contributed by atoms with Crippen LogP contribution in [-0.2, 0) is 19.5 Å². The molecule has 1 amide bonds. The molecule has 0 radical (unpaired) electrons. The minimum atomic E-state index is -3.93. The first-order chi connectivity index (χ1) is 15.5. The molecule has 0 bridgehead atoms. The minimum absolute atomic E-state index is 0.0428. The van der Waals surface area contributed by atoms with Crippen molar-refractivity contribution in [2.75, 3.05) is 26.2 Å². The Morgan fingerprint density at radius 2 is 1.85 bits per heavy atom. The van der Waals surface area contributed by atoms with Crippen LogP contribution in [0.2, 0.25) is 0 Å². The van der Waals surface area contributed by atoms with E-state index in [9.17, 15) is 13.2 Å². The van der Waals surface area contributed by atoms with Gasteiger partial charge in [-0.25, -0.2) is 4.79 Å². The summed E-state index contributed by atoms with van der Waals surface area (Å²) in [6, 6.07) is 15.9. The summed E-state index contributed by atoms with van der Waals surface area (Å²) in [7, 11) is -3.93. The first-order valence-corrected chi connectivity index (χ1v) is 12.3. The van der Waals surface area contributed by atoms with Crippen LogP contribution in [0.3, 0.4) is 0 Å². The average Bonchev–Trinajstić information content (AvgIpc) is 2.76. The highest BCUT2D eigenvalue weighted by Crippen LogP contribution is 2.20. The number of sulfonamides is 1. The third-order valence-electron chi connectivity index (χ3n) is 4.88. The molecule has 0 aliphatic carbocycles. The van der Waals surface area contributed by atoms with Crippen LogP contribution in [-0.4, -0.2) is 68.0 Å². The van der Waals surface area contributed by atoms with Gasteiger partial charge in [-0.05, 0) is 45.4 Å². The number of carbonyl (C=O) groups is 1. The van der Waals surface area contributed by atoms with Crippen LogP contribution in [0, 0.1) is 6.92 Å². The van der Waals surface area contributed by atoms with Crippen molar-refractivity contribution in [2.24, 2.45) is 5.10 Å². The maximum Gasteiger partial charge on any atom is 0.410 e. The number of benzene rings is 2. The molecule has 9 heteroatoms. The van der Waals surface area contributed by atoms with Gasteiger partial charge < -0.3 is 14.4 Å². The Bertz CT molecular complexity index is 1060. The summed E-state index contributed by atoms with van der Waals surface area (Å²) in [5, 5.41) is 4.29. The molecule has 1 atom stereocenters. The van der Waals surface area contributed by atoms with Crippen molar-refractivity contribution in [2.45, 2.75) is 44.3 Å². The summed E-state index contributed by atoms with van der Waals surface area (Å²) in [5.41, 5.74) is 1.10. The van der Waals surface area contributed by atoms with Gasteiger partial charge in [0.2, 0.25) is 0 Å². The highest BCUT2D eigenvalue weighted by molar-refractivity contribution is 7.89. The predicted molar refractivity (Wildman–Crippen MR) is 127 cm³/mol. The largest absolute Gasteiger partial charge is 0.444 e. The molecule has 2 aromatic carbocycles. The van der Waals surface area contributed by atoms with Crippen molar-refractivity contribution in [3.05, 3.63) is 65.7 Å². The van der Waals surface area contributed by atoms with Gasteiger partial charge >= 0.3 is 6.09 Å². The van der Waals surface area contributed by atoms with E-state index in [1.165, 1.54) is 11.1 Å². The fourth-order valence-corrected chi connectivity index (χ4v) is 4.46. The van der Waals surface area contributed by atoms with Crippen LogP contribution in [0.15, 0.2) is 64.6 Å². The third kappa shape index (κ3) is 7.03. The Labute approximate surface area is 195 Å². The molecule has 1 saturated heterocycles. The second-order valence-corrected chi connectivity index (χ2v) is 10.7. The van der Waals surface area contributed by atoms with E-state index in [1.54, 1.807) is 45.0 Å². The molecule has 178 valence electrons. The number of ether oxygens (including phenoxy) is 2. The van der Waals surface area contributed by atoms with Gasteiger partial charge in [-0.15, -0.1) is 0 Å². The third-order valence-corrected chi connectivity index (χ3v) is 6.55. The van der Waals surface area contributed by atoms with E-state index < -0.39 is 27.8 Å². The highest BCUT2D eigenvalue weighted by Gasteiger charge is 2.32. The smallest absolute Gasteiger partial charge is 0.410 e. The number of morpholine rings is 1. The lowest BCUT2D eigenvalue weighted by Gasteiger charge is -2.35. The van der Waals surface area contributed by atoms with E-state index in [2.05, 4.69) is 5.10 Å². The molecular weight excluding hydrogens is 442 g/mol. The topological polar surface area (TPSA) is 88.5 Å². The number of aryl methyl sites for hydroxylation is 1. The van der Waals surface area contributed by atoms with Gasteiger partial charge in [0, 0.05) is 6.54 Å². The van der Waals surface area contributed by atoms with E-state index in [1.807, 2.05) is 37.3 Å². The van der Waals surface area contributed by atoms with Crippen molar-refractivity contribution in [3.63, 3.8) is 0 Å². The van der Waals surface area contributed by atoms with E-state index in [-0.39, 0.29) is 24.6 Å². The summed E-state index contributed by atoms with van der Waals surface area (Å²) >= 11 is 0. The molecule has 33 heavy (non-hydrogen) atoms. The maximum atomic E-state index is 13.4. The van der Waals surface area contributed by atoms with E-state index in [4.69, 9.17) is 9.47 Å². The Balaban J connectivity index is 1.82. The normalized spacial score (nSPS) is 17.2. The summed E-state index contributed by atoms with van der Waals surface area (Å²) in [5.74, 6) is 0. The number of rotatable bonds is 6. The van der Waals surface area contributed by atoms with Crippen LogP contribution in [0.1, 0.15) is 31.9 Å². The van der Waals surface area contributed by atoms with Gasteiger partial charge in [0.05, 0.1) is 36.9 Å². The quantitative estimate of drug-likeness (QED) is 0.472. The summed E-state index contributed by atoms with van der Waals surface area (Å²) in [6.45, 7) is 8.12. The van der Waals surface area contributed by atoms with Gasteiger partial charge in [-0.2, -0.15) is 17.9 Å². The standard InChI is InChI=1S/C24H31N3O5S/c1-19-10-12-22(13-11-19)33(29,30)27(25-16-20-8-6-5-7-9-20)18-21-17-26(14-15-31-21)23(28)32-24(2,3)4/h5-13,16,21H,14-15,17-18H2,1-4H3/b25-16+. The number of hydrogen-bond acceptors (Lipinski definition) is 6. The van der Waals surface area contributed by atoms with Crippen molar-refractivity contribution in [3.8, 4) is 0 Å². The predicted octanol–water partition coefficient (Wildman–Crippen LogP) is 3.66. The number of carbonyl (C=O) groups excluding carboxylic acids is 1. The molecule has 8 nitrogen and oxygen atoms in total. The molecule has 3 rings (SSSR count). The van der Waals surface area contributed by atoms with Crippen LogP contribution in [0.4, 0.5) is 4.79 Å². The zero-order valence-corrected chi connectivity index (χ0v) is 20.3. The Hall–Kier alpha value is -2.91. The van der Waals surface area contributed by atoms with Gasteiger partial charge in [-0.1, -0.05) is 48.0 Å². The summed E-state index contributed by atoms with van der Waals surface area (Å²) in [6.07, 6.45) is 0.496. The van der Waals surface area contributed by atoms with Gasteiger partial charge in [0.25, 0.3) is 10.0 Å². The van der Waals surface area contributed by atoms with Crippen molar-refractivity contribution in [1.82, 2.24) is 9.31 Å². The second-order valence-electron chi connectivity index (χ2n) is 8.90. The molecule has 0 N–H and O–H groups in total. The minimum Gasteiger partial charge on any atom is -0.444 e.